The van der Waals surface area contributed by atoms with E-state index >= 15 is 0 Å². The number of aromatic nitrogens is 5. The standard InChI is InChI=1S/C27H33FN8O4/c1-3-8-35(10-11-37)9-5-12-40-23-15-21-20(14-22(23)39-2)27(31-17-30-21)32-24-16-36(34-33-24)25(26(29)38)18-6-4-7-19(28)13-18/h4,6-7,13-17,25,37H,3,5,8-12H2,1-2H3,(H2,29,38)(H,30,31,32). The summed E-state index contributed by atoms with van der Waals surface area (Å²) in [5, 5.41) is 21.1. The number of carbonyl (C=O) groups excluding carboxylic acids is 1. The molecule has 0 saturated heterocycles. The fraction of sp³-hybridized carbons (Fsp3) is 0.370. The molecule has 0 aliphatic heterocycles. The van der Waals surface area contributed by atoms with Crippen LogP contribution in [0.2, 0.25) is 0 Å². The highest BCUT2D eigenvalue weighted by Gasteiger charge is 2.23. The van der Waals surface area contributed by atoms with E-state index in [1.54, 1.807) is 25.3 Å². The summed E-state index contributed by atoms with van der Waals surface area (Å²) >= 11 is 0. The van der Waals surface area contributed by atoms with Crippen molar-refractivity contribution in [1.82, 2.24) is 29.9 Å². The Morgan fingerprint density at radius 3 is 2.77 bits per heavy atom. The maximum Gasteiger partial charge on any atom is 0.246 e. The number of rotatable bonds is 15. The number of nitrogens with two attached hydrogens (primary N) is 1. The number of anilines is 2. The summed E-state index contributed by atoms with van der Waals surface area (Å²) in [5.74, 6) is 0.582. The molecule has 0 saturated carbocycles. The minimum atomic E-state index is -1.04. The van der Waals surface area contributed by atoms with Gasteiger partial charge in [0.25, 0.3) is 0 Å². The molecule has 13 heteroatoms. The average Bonchev–Trinajstić information content (AvgIpc) is 3.38. The molecule has 212 valence electrons. The van der Waals surface area contributed by atoms with Crippen molar-refractivity contribution < 1.29 is 23.8 Å². The average molecular weight is 553 g/mol. The Kier molecular flexibility index (Phi) is 9.76. The number of nitrogens with one attached hydrogen (secondary N) is 1. The lowest BCUT2D eigenvalue weighted by molar-refractivity contribution is -0.120. The maximum absolute atomic E-state index is 13.8. The van der Waals surface area contributed by atoms with Crippen molar-refractivity contribution in [2.45, 2.75) is 25.8 Å². The number of methoxy groups -OCH3 is 1. The van der Waals surface area contributed by atoms with Crippen LogP contribution in [0.5, 0.6) is 11.5 Å². The monoisotopic (exact) mass is 552 g/mol. The lowest BCUT2D eigenvalue weighted by Gasteiger charge is -2.20. The van der Waals surface area contributed by atoms with Gasteiger partial charge >= 0.3 is 0 Å². The van der Waals surface area contributed by atoms with Gasteiger partial charge in [-0.1, -0.05) is 24.3 Å². The van der Waals surface area contributed by atoms with Crippen molar-refractivity contribution in [2.75, 3.05) is 45.3 Å². The van der Waals surface area contributed by atoms with Crippen LogP contribution < -0.4 is 20.5 Å². The summed E-state index contributed by atoms with van der Waals surface area (Å²) < 4.78 is 26.6. The molecule has 0 aliphatic carbocycles. The molecule has 4 aromatic rings. The van der Waals surface area contributed by atoms with E-state index in [1.165, 1.54) is 35.4 Å². The van der Waals surface area contributed by atoms with E-state index in [2.05, 4.69) is 37.4 Å². The summed E-state index contributed by atoms with van der Waals surface area (Å²) in [5.41, 5.74) is 6.55. The highest BCUT2D eigenvalue weighted by Crippen LogP contribution is 2.34. The van der Waals surface area contributed by atoms with Gasteiger partial charge in [0.1, 0.15) is 18.0 Å². The highest BCUT2D eigenvalue weighted by atomic mass is 19.1. The molecule has 2 aromatic carbocycles. The van der Waals surface area contributed by atoms with Crippen LogP contribution in [0.3, 0.4) is 0 Å². The molecule has 4 N–H and O–H groups in total. The molecule has 1 atom stereocenters. The van der Waals surface area contributed by atoms with Crippen LogP contribution in [0.1, 0.15) is 31.4 Å². The third-order valence-corrected chi connectivity index (χ3v) is 6.21. The molecular formula is C27H33FN8O4. The lowest BCUT2D eigenvalue weighted by atomic mass is 10.1. The Morgan fingerprint density at radius 2 is 2.05 bits per heavy atom. The number of carbonyl (C=O) groups is 1. The molecule has 2 heterocycles. The largest absolute Gasteiger partial charge is 0.493 e. The summed E-state index contributed by atoms with van der Waals surface area (Å²) in [4.78, 5) is 23.1. The first-order valence-electron chi connectivity index (χ1n) is 13.0. The first-order valence-corrected chi connectivity index (χ1v) is 13.0. The molecule has 0 spiro atoms. The van der Waals surface area contributed by atoms with Crippen molar-refractivity contribution in [2.24, 2.45) is 5.73 Å². The maximum atomic E-state index is 13.8. The first-order chi connectivity index (χ1) is 19.4. The third-order valence-electron chi connectivity index (χ3n) is 6.21. The highest BCUT2D eigenvalue weighted by molar-refractivity contribution is 5.92. The zero-order valence-electron chi connectivity index (χ0n) is 22.5. The lowest BCUT2D eigenvalue weighted by Crippen LogP contribution is -2.29. The van der Waals surface area contributed by atoms with E-state index in [9.17, 15) is 14.3 Å². The third kappa shape index (κ3) is 6.98. The smallest absolute Gasteiger partial charge is 0.246 e. The van der Waals surface area contributed by atoms with Gasteiger partial charge < -0.3 is 30.5 Å². The Morgan fingerprint density at radius 1 is 1.20 bits per heavy atom. The Labute approximate surface area is 230 Å². The van der Waals surface area contributed by atoms with Crippen LogP contribution in [0, 0.1) is 5.82 Å². The van der Waals surface area contributed by atoms with Gasteiger partial charge in [-0.25, -0.2) is 19.0 Å². The van der Waals surface area contributed by atoms with Gasteiger partial charge in [-0.05, 0) is 43.1 Å². The van der Waals surface area contributed by atoms with E-state index in [0.29, 0.717) is 52.8 Å². The SMILES string of the molecule is CCCN(CCO)CCCOc1cc2ncnc(Nc3cn(C(C(N)=O)c4cccc(F)c4)nn3)c2cc1OC. The quantitative estimate of drug-likeness (QED) is 0.188. The zero-order chi connectivity index (χ0) is 28.5. The van der Waals surface area contributed by atoms with Crippen LogP contribution in [0.25, 0.3) is 10.9 Å². The molecule has 0 radical (unpaired) electrons. The minimum Gasteiger partial charge on any atom is -0.493 e. The zero-order valence-corrected chi connectivity index (χ0v) is 22.5. The van der Waals surface area contributed by atoms with Gasteiger partial charge in [0, 0.05) is 24.5 Å². The van der Waals surface area contributed by atoms with Crippen LogP contribution >= 0.6 is 0 Å². The molecule has 0 aliphatic rings. The Hall–Kier alpha value is -4.36. The number of fused-ring (bicyclic) bond motifs is 1. The second-order valence-electron chi connectivity index (χ2n) is 9.08. The predicted molar refractivity (Wildman–Crippen MR) is 147 cm³/mol. The summed E-state index contributed by atoms with van der Waals surface area (Å²) in [6.45, 7) is 5.09. The number of amides is 1. The topological polar surface area (TPSA) is 154 Å². The van der Waals surface area contributed by atoms with Gasteiger partial charge in [-0.15, -0.1) is 5.10 Å². The van der Waals surface area contributed by atoms with Crippen molar-refractivity contribution >= 4 is 28.4 Å². The number of benzene rings is 2. The summed E-state index contributed by atoms with van der Waals surface area (Å²) in [7, 11) is 1.55. The summed E-state index contributed by atoms with van der Waals surface area (Å²) in [6, 6.07) is 8.10. The number of aliphatic hydroxyl groups is 1. The number of ether oxygens (including phenoxy) is 2. The number of aliphatic hydroxyl groups excluding tert-OH is 1. The van der Waals surface area contributed by atoms with E-state index in [-0.39, 0.29) is 6.61 Å². The number of halogens is 1. The molecule has 1 amide bonds. The molecule has 40 heavy (non-hydrogen) atoms. The molecule has 0 bridgehead atoms. The minimum absolute atomic E-state index is 0.129. The summed E-state index contributed by atoms with van der Waals surface area (Å²) in [6.07, 6.45) is 4.70. The van der Waals surface area contributed by atoms with Crippen LogP contribution in [-0.2, 0) is 4.79 Å². The molecule has 1 unspecified atom stereocenters. The van der Waals surface area contributed by atoms with Gasteiger partial charge in [-0.2, -0.15) is 0 Å². The van der Waals surface area contributed by atoms with Crippen molar-refractivity contribution in [3.05, 3.63) is 60.3 Å². The second-order valence-corrected chi connectivity index (χ2v) is 9.08. The second kappa shape index (κ2) is 13.6. The van der Waals surface area contributed by atoms with Crippen molar-refractivity contribution in [3.8, 4) is 11.5 Å². The first kappa shape index (κ1) is 28.6. The fourth-order valence-corrected chi connectivity index (χ4v) is 4.40. The van der Waals surface area contributed by atoms with Crippen LogP contribution in [0.4, 0.5) is 16.0 Å². The van der Waals surface area contributed by atoms with E-state index < -0.39 is 17.8 Å². The van der Waals surface area contributed by atoms with Gasteiger partial charge in [0.2, 0.25) is 5.91 Å². The predicted octanol–water partition coefficient (Wildman–Crippen LogP) is 2.66. The van der Waals surface area contributed by atoms with Crippen molar-refractivity contribution in [3.63, 3.8) is 0 Å². The van der Waals surface area contributed by atoms with E-state index in [1.807, 2.05) is 0 Å². The van der Waals surface area contributed by atoms with Crippen molar-refractivity contribution in [1.29, 1.82) is 0 Å². The number of nitrogens with zero attached hydrogens (tertiary/aromatic N) is 6. The number of hydrogen-bond donors (Lipinski definition) is 3. The fourth-order valence-electron chi connectivity index (χ4n) is 4.40. The molecule has 4 rings (SSSR count). The normalized spacial score (nSPS) is 12.0. The Bertz CT molecular complexity index is 1430. The van der Waals surface area contributed by atoms with E-state index in [0.717, 1.165) is 25.9 Å². The van der Waals surface area contributed by atoms with Gasteiger partial charge in [0.15, 0.2) is 23.4 Å². The number of hydrogen-bond acceptors (Lipinski definition) is 10. The van der Waals surface area contributed by atoms with E-state index in [4.69, 9.17) is 15.2 Å². The van der Waals surface area contributed by atoms with Crippen LogP contribution in [0.15, 0.2) is 48.9 Å². The number of primary amides is 1. The van der Waals surface area contributed by atoms with Gasteiger partial charge in [0.05, 0.1) is 32.0 Å². The molecular weight excluding hydrogens is 519 g/mol. The molecule has 12 nitrogen and oxygen atoms in total. The molecule has 2 aromatic heterocycles. The molecule has 0 fully saturated rings. The van der Waals surface area contributed by atoms with Crippen LogP contribution in [-0.4, -0.2) is 80.8 Å². The Balaban J connectivity index is 1.51. The van der Waals surface area contributed by atoms with Gasteiger partial charge in [-0.3, -0.25) is 4.79 Å².